The second kappa shape index (κ2) is 6.08. The van der Waals surface area contributed by atoms with E-state index in [1.54, 1.807) is 0 Å². The fourth-order valence-electron chi connectivity index (χ4n) is 2.66. The summed E-state index contributed by atoms with van der Waals surface area (Å²) in [6, 6.07) is 17.6. The van der Waals surface area contributed by atoms with E-state index in [1.807, 2.05) is 61.5 Å². The fraction of sp³-hybridized carbons (Fsp3) is 0.238. The largest absolute Gasteiger partial charge is 0.320 e. The number of carbonyl (C=O) groups excluding carboxylic acids is 1. The third kappa shape index (κ3) is 3.30. The molecule has 3 heteroatoms. The van der Waals surface area contributed by atoms with Crippen LogP contribution in [0.4, 0.5) is 5.69 Å². The predicted octanol–water partition coefficient (Wildman–Crippen LogP) is 5.34. The van der Waals surface area contributed by atoms with Gasteiger partial charge in [-0.05, 0) is 42.2 Å². The quantitative estimate of drug-likeness (QED) is 0.692. The monoisotopic (exact) mass is 320 g/mol. The molecular weight excluding hydrogens is 296 g/mol. The Morgan fingerprint density at radius 2 is 1.71 bits per heavy atom. The molecule has 124 valence electrons. The van der Waals surface area contributed by atoms with Gasteiger partial charge in [0.05, 0.1) is 11.2 Å². The predicted molar refractivity (Wildman–Crippen MR) is 102 cm³/mol. The van der Waals surface area contributed by atoms with Gasteiger partial charge in [-0.3, -0.25) is 9.78 Å². The minimum atomic E-state index is -0.119. The van der Waals surface area contributed by atoms with Crippen molar-refractivity contribution in [2.45, 2.75) is 33.1 Å². The molecule has 3 aromatic rings. The maximum Gasteiger partial charge on any atom is 0.255 e. The molecule has 2 aromatic carbocycles. The summed E-state index contributed by atoms with van der Waals surface area (Å²) in [5.41, 5.74) is 4.41. The van der Waals surface area contributed by atoms with Crippen molar-refractivity contribution in [1.29, 1.82) is 0 Å². The Morgan fingerprint density at radius 3 is 2.38 bits per heavy atom. The van der Waals surface area contributed by atoms with Crippen molar-refractivity contribution in [2.75, 3.05) is 5.32 Å². The summed E-state index contributed by atoms with van der Waals surface area (Å²) < 4.78 is 0. The molecule has 1 amide bonds. The van der Waals surface area contributed by atoms with E-state index in [1.165, 1.54) is 5.56 Å². The lowest BCUT2D eigenvalue weighted by atomic mass is 9.87. The Kier molecular flexibility index (Phi) is 4.10. The molecule has 1 N–H and O–H groups in total. The Morgan fingerprint density at radius 1 is 1.00 bits per heavy atom. The van der Waals surface area contributed by atoms with Crippen LogP contribution in [0.2, 0.25) is 0 Å². The summed E-state index contributed by atoms with van der Waals surface area (Å²) in [6.45, 7) is 8.42. The average molecular weight is 320 g/mol. The summed E-state index contributed by atoms with van der Waals surface area (Å²) in [5, 5.41) is 4.00. The number of rotatable bonds is 2. The van der Waals surface area contributed by atoms with Gasteiger partial charge in [-0.15, -0.1) is 0 Å². The summed E-state index contributed by atoms with van der Waals surface area (Å²) in [4.78, 5) is 17.1. The second-order valence-corrected chi connectivity index (χ2v) is 7.11. The van der Waals surface area contributed by atoms with Gasteiger partial charge in [-0.2, -0.15) is 0 Å². The number of pyridine rings is 1. The fourth-order valence-corrected chi connectivity index (χ4v) is 2.66. The molecule has 24 heavy (non-hydrogen) atoms. The number of hydrogen-bond acceptors (Lipinski definition) is 2. The highest BCUT2D eigenvalue weighted by Gasteiger charge is 2.15. The van der Waals surface area contributed by atoms with E-state index >= 15 is 0 Å². The first-order valence-corrected chi connectivity index (χ1v) is 8.13. The molecule has 0 saturated heterocycles. The highest BCUT2D eigenvalue weighted by molar-refractivity contribution is 6.08. The van der Waals surface area contributed by atoms with E-state index in [0.717, 1.165) is 22.3 Å². The van der Waals surface area contributed by atoms with Crippen molar-refractivity contribution in [3.63, 3.8) is 0 Å². The molecule has 0 fully saturated rings. The lowest BCUT2D eigenvalue weighted by Crippen LogP contribution is -2.14. The highest BCUT2D eigenvalue weighted by atomic mass is 16.1. The number of anilines is 1. The van der Waals surface area contributed by atoms with E-state index in [2.05, 4.69) is 31.1 Å². The van der Waals surface area contributed by atoms with Crippen LogP contribution in [0.3, 0.4) is 0 Å². The minimum Gasteiger partial charge on any atom is -0.320 e. The van der Waals surface area contributed by atoms with Crippen LogP contribution in [-0.2, 0) is 5.41 Å². The van der Waals surface area contributed by atoms with Gasteiger partial charge in [0, 0.05) is 18.1 Å². The number of carbonyl (C=O) groups is 1. The van der Waals surface area contributed by atoms with Gasteiger partial charge in [0.15, 0.2) is 0 Å². The van der Waals surface area contributed by atoms with Crippen LogP contribution in [0.25, 0.3) is 10.9 Å². The van der Waals surface area contributed by atoms with Crippen LogP contribution in [0.5, 0.6) is 0 Å². The molecule has 1 heterocycles. The van der Waals surface area contributed by atoms with E-state index in [-0.39, 0.29) is 12.7 Å². The van der Waals surface area contributed by atoms with Crippen molar-refractivity contribution < 1.29 is 6.22 Å². The Bertz CT molecular complexity index is 896. The molecule has 3 rings (SSSR count). The van der Waals surface area contributed by atoms with Crippen LogP contribution in [-0.4, -0.2) is 10.9 Å². The van der Waals surface area contributed by atoms with Gasteiger partial charge >= 0.3 is 0 Å². The maximum atomic E-state index is 12.6. The first-order valence-electron chi connectivity index (χ1n) is 8.13. The van der Waals surface area contributed by atoms with Crippen molar-refractivity contribution in [3.8, 4) is 0 Å². The summed E-state index contributed by atoms with van der Waals surface area (Å²) in [6.07, 6.45) is 0. The Hall–Kier alpha value is -2.68. The van der Waals surface area contributed by atoms with Gasteiger partial charge in [-0.1, -0.05) is 51.1 Å². The van der Waals surface area contributed by atoms with Gasteiger partial charge < -0.3 is 5.32 Å². The number of amides is 1. The number of nitrogens with one attached hydrogen (secondary N) is 1. The molecule has 0 aliphatic carbocycles. The van der Waals surface area contributed by atoms with Crippen molar-refractivity contribution in [1.82, 2.24) is 4.98 Å². The molecular formula is C21H24N2O. The molecule has 3 nitrogen and oxygen atoms in total. The molecule has 0 unspecified atom stereocenters. The number of nitrogens with zero attached hydrogens (tertiary/aromatic N) is 1. The Labute approximate surface area is 144 Å². The van der Waals surface area contributed by atoms with Gasteiger partial charge in [0.25, 0.3) is 5.91 Å². The number of aryl methyl sites for hydroxylation is 1. The normalized spacial score (nSPS) is 11.5. The zero-order valence-electron chi connectivity index (χ0n) is 14.6. The molecule has 1 aromatic heterocycles. The lowest BCUT2D eigenvalue weighted by Gasteiger charge is -2.19. The van der Waals surface area contributed by atoms with Gasteiger partial charge in [0.2, 0.25) is 0 Å². The number of benzene rings is 2. The van der Waals surface area contributed by atoms with Crippen LogP contribution < -0.4 is 5.32 Å². The van der Waals surface area contributed by atoms with Crippen LogP contribution >= 0.6 is 0 Å². The molecule has 0 atom stereocenters. The van der Waals surface area contributed by atoms with Crippen LogP contribution in [0.1, 0.15) is 43.8 Å². The molecule has 0 aliphatic rings. The maximum absolute atomic E-state index is 12.6. The second-order valence-electron chi connectivity index (χ2n) is 7.11. The van der Waals surface area contributed by atoms with Crippen molar-refractivity contribution in [2.24, 2.45) is 0 Å². The van der Waals surface area contributed by atoms with E-state index in [4.69, 9.17) is 0 Å². The molecule has 0 radical (unpaired) electrons. The van der Waals surface area contributed by atoms with E-state index in [9.17, 15) is 4.79 Å². The third-order valence-electron chi connectivity index (χ3n) is 4.12. The van der Waals surface area contributed by atoms with Crippen molar-refractivity contribution in [3.05, 3.63) is 71.4 Å². The van der Waals surface area contributed by atoms with Gasteiger partial charge in [0.1, 0.15) is 0 Å². The standard InChI is InChI=1S/C21H22N2O.H2/c1-14-8-9-15-6-5-7-18(19(15)22-14)23-20(24)16-10-12-17(13-11-16)21(2,3)4;/h5-13H,1-4H3,(H,23,24);1H. The molecule has 0 aliphatic heterocycles. The van der Waals surface area contributed by atoms with E-state index in [0.29, 0.717) is 5.56 Å². The molecule has 0 spiro atoms. The van der Waals surface area contributed by atoms with E-state index < -0.39 is 0 Å². The minimum absolute atomic E-state index is 0. The Balaban J connectivity index is 0.00000225. The lowest BCUT2D eigenvalue weighted by molar-refractivity contribution is 0.102. The summed E-state index contributed by atoms with van der Waals surface area (Å²) in [7, 11) is 0. The third-order valence-corrected chi connectivity index (χ3v) is 4.12. The molecule has 0 saturated carbocycles. The first kappa shape index (κ1) is 16.2. The number of hydrogen-bond donors (Lipinski definition) is 1. The first-order chi connectivity index (χ1) is 11.3. The average Bonchev–Trinajstić information content (AvgIpc) is 2.54. The number of para-hydroxylation sites is 1. The van der Waals surface area contributed by atoms with Crippen LogP contribution in [0.15, 0.2) is 54.6 Å². The van der Waals surface area contributed by atoms with Crippen LogP contribution in [0, 0.1) is 6.92 Å². The zero-order valence-corrected chi connectivity index (χ0v) is 14.6. The van der Waals surface area contributed by atoms with Crippen molar-refractivity contribution >= 4 is 22.5 Å². The number of fused-ring (bicyclic) bond motifs is 1. The number of aromatic nitrogens is 1. The highest BCUT2D eigenvalue weighted by Crippen LogP contribution is 2.24. The smallest absolute Gasteiger partial charge is 0.255 e. The summed E-state index contributed by atoms with van der Waals surface area (Å²) in [5.74, 6) is -0.119. The summed E-state index contributed by atoms with van der Waals surface area (Å²) >= 11 is 0. The molecule has 0 bridgehead atoms. The van der Waals surface area contributed by atoms with Gasteiger partial charge in [-0.25, -0.2) is 0 Å². The topological polar surface area (TPSA) is 42.0 Å². The SMILES string of the molecule is Cc1ccc2cccc(NC(=O)c3ccc(C(C)(C)C)cc3)c2n1.[HH]. The zero-order chi connectivity index (χ0) is 17.3.